The Morgan fingerprint density at radius 3 is 2.65 bits per heavy atom. The molecule has 0 radical (unpaired) electrons. The molecule has 7 nitrogen and oxygen atoms in total. The molecule has 0 aromatic rings. The van der Waals surface area contributed by atoms with E-state index in [1.165, 1.54) is 13.8 Å². The van der Waals surface area contributed by atoms with Crippen LogP contribution in [0.15, 0.2) is 0 Å². The minimum absolute atomic E-state index is 0.0629. The minimum Gasteiger partial charge on any atom is -0.481 e. The molecular formula is C10H16N2O5. The van der Waals surface area contributed by atoms with E-state index in [2.05, 4.69) is 10.6 Å². The second-order valence-electron chi connectivity index (χ2n) is 4.27. The van der Waals surface area contributed by atoms with Gasteiger partial charge >= 0.3 is 5.97 Å². The summed E-state index contributed by atoms with van der Waals surface area (Å²) in [6.07, 6.45) is 0. The molecule has 2 atom stereocenters. The Balaban J connectivity index is 2.53. The van der Waals surface area contributed by atoms with Gasteiger partial charge in [-0.05, 0) is 6.92 Å². The molecular weight excluding hydrogens is 228 g/mol. The van der Waals surface area contributed by atoms with E-state index in [1.54, 1.807) is 0 Å². The van der Waals surface area contributed by atoms with Crippen LogP contribution in [0.25, 0.3) is 0 Å². The molecule has 0 aromatic heterocycles. The van der Waals surface area contributed by atoms with E-state index in [0.29, 0.717) is 0 Å². The van der Waals surface area contributed by atoms with Crippen molar-refractivity contribution in [3.8, 4) is 0 Å². The summed E-state index contributed by atoms with van der Waals surface area (Å²) in [6, 6.07) is -0.582. The van der Waals surface area contributed by atoms with E-state index >= 15 is 0 Å². The molecule has 0 saturated carbocycles. The van der Waals surface area contributed by atoms with Crippen LogP contribution in [-0.2, 0) is 19.1 Å². The maximum absolute atomic E-state index is 11.4. The zero-order chi connectivity index (χ0) is 13.1. The van der Waals surface area contributed by atoms with Crippen LogP contribution in [-0.4, -0.2) is 48.7 Å². The molecule has 3 N–H and O–H groups in total. The summed E-state index contributed by atoms with van der Waals surface area (Å²) in [7, 11) is 0. The lowest BCUT2D eigenvalue weighted by atomic mass is 9.85. The number of carboxylic acid groups (broad SMARTS) is 1. The lowest BCUT2D eigenvalue weighted by Crippen LogP contribution is -2.51. The zero-order valence-corrected chi connectivity index (χ0v) is 9.78. The molecule has 1 saturated heterocycles. The van der Waals surface area contributed by atoms with Crippen molar-refractivity contribution in [1.82, 2.24) is 10.6 Å². The van der Waals surface area contributed by atoms with Crippen molar-refractivity contribution < 1.29 is 24.2 Å². The normalized spacial score (nSPS) is 27.5. The van der Waals surface area contributed by atoms with E-state index in [0.717, 1.165) is 0 Å². The second kappa shape index (κ2) is 5.13. The highest BCUT2D eigenvalue weighted by molar-refractivity contribution is 5.85. The van der Waals surface area contributed by atoms with Crippen molar-refractivity contribution >= 4 is 17.8 Å². The third-order valence-corrected chi connectivity index (χ3v) is 2.78. The number of nitrogens with one attached hydrogen (secondary N) is 2. The molecule has 1 fully saturated rings. The average Bonchev–Trinajstić information content (AvgIpc) is 2.59. The molecule has 0 aromatic carbocycles. The topological polar surface area (TPSA) is 105 Å². The molecule has 0 bridgehead atoms. The maximum atomic E-state index is 11.4. The van der Waals surface area contributed by atoms with Gasteiger partial charge < -0.3 is 20.5 Å². The van der Waals surface area contributed by atoms with Crippen molar-refractivity contribution in [2.24, 2.45) is 5.41 Å². The summed E-state index contributed by atoms with van der Waals surface area (Å²) in [5.74, 6) is -1.76. The van der Waals surface area contributed by atoms with Gasteiger partial charge in [-0.15, -0.1) is 0 Å². The predicted molar refractivity (Wildman–Crippen MR) is 57.2 cm³/mol. The number of rotatable bonds is 4. The molecule has 1 rings (SSSR count). The van der Waals surface area contributed by atoms with E-state index in [-0.39, 0.29) is 25.7 Å². The Morgan fingerprint density at radius 2 is 2.12 bits per heavy atom. The summed E-state index contributed by atoms with van der Waals surface area (Å²) in [5.41, 5.74) is -1.12. The van der Waals surface area contributed by atoms with Gasteiger partial charge in [0.25, 0.3) is 0 Å². The molecule has 7 heteroatoms. The van der Waals surface area contributed by atoms with Crippen LogP contribution in [0.1, 0.15) is 13.8 Å². The van der Waals surface area contributed by atoms with Crippen LogP contribution in [0.3, 0.4) is 0 Å². The minimum atomic E-state index is -1.12. The fourth-order valence-electron chi connectivity index (χ4n) is 1.54. The first-order valence-corrected chi connectivity index (χ1v) is 5.21. The lowest BCUT2D eigenvalue weighted by molar-refractivity contribution is -0.149. The van der Waals surface area contributed by atoms with Gasteiger partial charge in [0.05, 0.1) is 25.8 Å². The van der Waals surface area contributed by atoms with Crippen LogP contribution in [0, 0.1) is 5.41 Å². The van der Waals surface area contributed by atoms with Crippen molar-refractivity contribution in [3.63, 3.8) is 0 Å². The summed E-state index contributed by atoms with van der Waals surface area (Å²) >= 11 is 0. The summed E-state index contributed by atoms with van der Waals surface area (Å²) < 4.78 is 5.08. The number of carbonyl (C=O) groups excluding carboxylic acids is 2. The van der Waals surface area contributed by atoms with Crippen LogP contribution >= 0.6 is 0 Å². The Morgan fingerprint density at radius 1 is 1.47 bits per heavy atom. The number of hydrogen-bond acceptors (Lipinski definition) is 4. The van der Waals surface area contributed by atoms with Crippen LogP contribution in [0.4, 0.5) is 0 Å². The Kier molecular flexibility index (Phi) is 4.06. The van der Waals surface area contributed by atoms with E-state index < -0.39 is 23.3 Å². The van der Waals surface area contributed by atoms with Crippen molar-refractivity contribution in [3.05, 3.63) is 0 Å². The predicted octanol–water partition coefficient (Wildman–Crippen LogP) is -1.27. The SMILES string of the molecule is CC(=O)NCC(=O)NC1COCC1(C)C(=O)O. The van der Waals surface area contributed by atoms with Gasteiger partial charge in [-0.3, -0.25) is 14.4 Å². The second-order valence-corrected chi connectivity index (χ2v) is 4.27. The van der Waals surface area contributed by atoms with Gasteiger partial charge in [0.15, 0.2) is 0 Å². The highest BCUT2D eigenvalue weighted by Gasteiger charge is 2.47. The van der Waals surface area contributed by atoms with Crippen molar-refractivity contribution in [2.45, 2.75) is 19.9 Å². The standard InChI is InChI=1S/C10H16N2O5/c1-6(13)11-3-8(14)12-7-4-17-5-10(7,2)9(15)16/h7H,3-5H2,1-2H3,(H,11,13)(H,12,14)(H,15,16). The highest BCUT2D eigenvalue weighted by Crippen LogP contribution is 2.28. The van der Waals surface area contributed by atoms with E-state index in [4.69, 9.17) is 9.84 Å². The first-order chi connectivity index (χ1) is 7.86. The Hall–Kier alpha value is -1.63. The lowest BCUT2D eigenvalue weighted by Gasteiger charge is -2.25. The van der Waals surface area contributed by atoms with Gasteiger partial charge in [0, 0.05) is 6.92 Å². The van der Waals surface area contributed by atoms with Crippen molar-refractivity contribution in [2.75, 3.05) is 19.8 Å². The van der Waals surface area contributed by atoms with Crippen LogP contribution in [0.2, 0.25) is 0 Å². The molecule has 1 aliphatic heterocycles. The number of hydrogen-bond donors (Lipinski definition) is 3. The molecule has 0 spiro atoms. The van der Waals surface area contributed by atoms with Crippen molar-refractivity contribution in [1.29, 1.82) is 0 Å². The van der Waals surface area contributed by atoms with Gasteiger partial charge in [-0.1, -0.05) is 0 Å². The van der Waals surface area contributed by atoms with Gasteiger partial charge in [0.1, 0.15) is 5.41 Å². The number of ether oxygens (including phenoxy) is 1. The summed E-state index contributed by atoms with van der Waals surface area (Å²) in [5, 5.41) is 14.0. The number of aliphatic carboxylic acids is 1. The molecule has 17 heavy (non-hydrogen) atoms. The molecule has 0 aliphatic carbocycles. The fraction of sp³-hybridized carbons (Fsp3) is 0.700. The van der Waals surface area contributed by atoms with Crippen LogP contribution in [0.5, 0.6) is 0 Å². The first-order valence-electron chi connectivity index (χ1n) is 5.21. The van der Waals surface area contributed by atoms with Gasteiger partial charge in [0.2, 0.25) is 11.8 Å². The number of carboxylic acids is 1. The summed E-state index contributed by atoms with van der Waals surface area (Å²) in [6.45, 7) is 2.88. The quantitative estimate of drug-likeness (QED) is 0.572. The van der Waals surface area contributed by atoms with Crippen LogP contribution < -0.4 is 10.6 Å². The monoisotopic (exact) mass is 244 g/mol. The third kappa shape index (κ3) is 3.16. The number of amides is 2. The highest BCUT2D eigenvalue weighted by atomic mass is 16.5. The largest absolute Gasteiger partial charge is 0.481 e. The smallest absolute Gasteiger partial charge is 0.313 e. The Bertz CT molecular complexity index is 344. The molecule has 1 aliphatic rings. The average molecular weight is 244 g/mol. The maximum Gasteiger partial charge on any atom is 0.313 e. The zero-order valence-electron chi connectivity index (χ0n) is 9.78. The fourth-order valence-corrected chi connectivity index (χ4v) is 1.54. The Labute approximate surface area is 98.5 Å². The molecule has 96 valence electrons. The first kappa shape index (κ1) is 13.4. The molecule has 2 amide bonds. The third-order valence-electron chi connectivity index (χ3n) is 2.78. The van der Waals surface area contributed by atoms with E-state index in [1.807, 2.05) is 0 Å². The number of carbonyl (C=O) groups is 3. The summed E-state index contributed by atoms with van der Waals surface area (Å²) in [4.78, 5) is 33.1. The molecule has 1 heterocycles. The van der Waals surface area contributed by atoms with E-state index in [9.17, 15) is 14.4 Å². The van der Waals surface area contributed by atoms with Gasteiger partial charge in [-0.25, -0.2) is 0 Å². The van der Waals surface area contributed by atoms with Gasteiger partial charge in [-0.2, -0.15) is 0 Å². The molecule has 2 unspecified atom stereocenters.